The molecule has 0 atom stereocenters. The van der Waals surface area contributed by atoms with E-state index in [-0.39, 0.29) is 5.69 Å². The number of amides is 1. The third kappa shape index (κ3) is 4.26. The summed E-state index contributed by atoms with van der Waals surface area (Å²) >= 11 is 12.0. The van der Waals surface area contributed by atoms with E-state index in [4.69, 9.17) is 28.9 Å². The topological polar surface area (TPSA) is 124 Å². The maximum atomic E-state index is 12.3. The summed E-state index contributed by atoms with van der Waals surface area (Å²) in [4.78, 5) is 20.6. The Balaban J connectivity index is 1.71. The molecule has 3 aromatic rings. The summed E-state index contributed by atoms with van der Waals surface area (Å²) in [6, 6.07) is 5.11. The molecule has 0 aliphatic carbocycles. The molecule has 11 heteroatoms. The molecule has 2 heterocycles. The average Bonchev–Trinajstić information content (AvgIpc) is 3.01. The van der Waals surface area contributed by atoms with E-state index in [9.17, 15) is 4.79 Å². The van der Waals surface area contributed by atoms with Gasteiger partial charge in [0.15, 0.2) is 5.69 Å². The van der Waals surface area contributed by atoms with Gasteiger partial charge in [-0.1, -0.05) is 40.5 Å². The number of hydrazone groups is 1. The number of hydrogen-bond donors (Lipinski definition) is 2. The number of nitrogen functional groups attached to an aromatic ring is 1. The molecule has 0 saturated heterocycles. The molecule has 144 valence electrons. The highest BCUT2D eigenvalue weighted by molar-refractivity contribution is 6.43. The van der Waals surface area contributed by atoms with Gasteiger partial charge in [-0.05, 0) is 19.9 Å². The number of nitrogens with zero attached hydrogens (tertiary/aromatic N) is 6. The number of carbonyl (C=O) groups excluding carboxylic acids is 1. The Labute approximate surface area is 170 Å². The molecule has 0 saturated carbocycles. The molecule has 0 aliphatic heterocycles. The van der Waals surface area contributed by atoms with Crippen molar-refractivity contribution in [3.05, 3.63) is 62.8 Å². The first-order chi connectivity index (χ1) is 13.4. The molecule has 28 heavy (non-hydrogen) atoms. The number of halogens is 2. The van der Waals surface area contributed by atoms with E-state index < -0.39 is 5.91 Å². The first kappa shape index (κ1) is 19.7. The van der Waals surface area contributed by atoms with Gasteiger partial charge in [0.05, 0.1) is 28.5 Å². The Morgan fingerprint density at radius 3 is 2.89 bits per heavy atom. The van der Waals surface area contributed by atoms with Gasteiger partial charge in [0, 0.05) is 17.3 Å². The predicted molar refractivity (Wildman–Crippen MR) is 107 cm³/mol. The van der Waals surface area contributed by atoms with Gasteiger partial charge < -0.3 is 5.73 Å². The molecule has 1 aromatic carbocycles. The van der Waals surface area contributed by atoms with E-state index in [2.05, 4.69) is 30.8 Å². The number of anilines is 1. The van der Waals surface area contributed by atoms with Crippen LogP contribution in [0.25, 0.3) is 0 Å². The first-order valence-corrected chi connectivity index (χ1v) is 8.88. The van der Waals surface area contributed by atoms with E-state index in [0.29, 0.717) is 45.1 Å². The second kappa shape index (κ2) is 8.32. The summed E-state index contributed by atoms with van der Waals surface area (Å²) in [6.07, 6.45) is 3.02. The molecule has 0 spiro atoms. The maximum Gasteiger partial charge on any atom is 0.293 e. The van der Waals surface area contributed by atoms with E-state index in [1.807, 2.05) is 0 Å². The molecular weight excluding hydrogens is 403 g/mol. The number of benzene rings is 1. The van der Waals surface area contributed by atoms with Crippen LogP contribution in [0.15, 0.2) is 29.5 Å². The number of nitrogens with two attached hydrogens (primary N) is 1. The molecule has 0 bridgehead atoms. The zero-order valence-corrected chi connectivity index (χ0v) is 16.5. The van der Waals surface area contributed by atoms with Gasteiger partial charge in [-0.25, -0.2) is 20.1 Å². The van der Waals surface area contributed by atoms with Gasteiger partial charge in [-0.3, -0.25) is 4.79 Å². The SMILES string of the molecule is Cc1ncc(Cn2nnc(C(=O)N/N=C/c3cccc(Cl)c3Cl)c2C)c(N)n1. The Morgan fingerprint density at radius 2 is 2.14 bits per heavy atom. The third-order valence-corrected chi connectivity index (χ3v) is 4.72. The molecule has 0 fully saturated rings. The van der Waals surface area contributed by atoms with Crippen LogP contribution >= 0.6 is 23.2 Å². The lowest BCUT2D eigenvalue weighted by atomic mass is 10.2. The van der Waals surface area contributed by atoms with Crippen molar-refractivity contribution in [2.75, 3.05) is 5.73 Å². The number of aromatic nitrogens is 5. The van der Waals surface area contributed by atoms with Crippen LogP contribution in [-0.2, 0) is 6.54 Å². The monoisotopic (exact) mass is 418 g/mol. The van der Waals surface area contributed by atoms with Crippen molar-refractivity contribution >= 4 is 41.1 Å². The highest BCUT2D eigenvalue weighted by atomic mass is 35.5. The minimum Gasteiger partial charge on any atom is -0.383 e. The van der Waals surface area contributed by atoms with Gasteiger partial charge in [0.25, 0.3) is 5.91 Å². The highest BCUT2D eigenvalue weighted by Crippen LogP contribution is 2.24. The zero-order valence-electron chi connectivity index (χ0n) is 15.0. The minimum absolute atomic E-state index is 0.140. The fraction of sp³-hybridized carbons (Fsp3) is 0.176. The average molecular weight is 419 g/mol. The van der Waals surface area contributed by atoms with Crippen LogP contribution in [0.1, 0.15) is 33.1 Å². The molecule has 2 aromatic heterocycles. The van der Waals surface area contributed by atoms with Crippen LogP contribution in [-0.4, -0.2) is 37.1 Å². The van der Waals surface area contributed by atoms with E-state index in [1.165, 1.54) is 10.9 Å². The fourth-order valence-corrected chi connectivity index (χ4v) is 2.71. The van der Waals surface area contributed by atoms with Crippen LogP contribution in [0, 0.1) is 13.8 Å². The Kier molecular flexibility index (Phi) is 5.86. The molecule has 3 N–H and O–H groups in total. The van der Waals surface area contributed by atoms with Gasteiger partial charge in [0.1, 0.15) is 11.6 Å². The van der Waals surface area contributed by atoms with Crippen LogP contribution in [0.3, 0.4) is 0 Å². The van der Waals surface area contributed by atoms with E-state index in [0.717, 1.165) is 0 Å². The lowest BCUT2D eigenvalue weighted by Crippen LogP contribution is -2.19. The Morgan fingerprint density at radius 1 is 1.36 bits per heavy atom. The first-order valence-electron chi connectivity index (χ1n) is 8.12. The molecule has 3 rings (SSSR count). The highest BCUT2D eigenvalue weighted by Gasteiger charge is 2.17. The van der Waals surface area contributed by atoms with E-state index >= 15 is 0 Å². The molecule has 9 nitrogen and oxygen atoms in total. The molecule has 0 unspecified atom stereocenters. The van der Waals surface area contributed by atoms with Crippen LogP contribution in [0.4, 0.5) is 5.82 Å². The summed E-state index contributed by atoms with van der Waals surface area (Å²) in [5.41, 5.74) is 10.2. The van der Waals surface area contributed by atoms with Crippen molar-refractivity contribution in [2.45, 2.75) is 20.4 Å². The number of hydrogen-bond acceptors (Lipinski definition) is 7. The zero-order chi connectivity index (χ0) is 20.3. The van der Waals surface area contributed by atoms with Crippen LogP contribution in [0.5, 0.6) is 0 Å². The minimum atomic E-state index is -0.508. The molecule has 0 radical (unpaired) electrons. The quantitative estimate of drug-likeness (QED) is 0.484. The Bertz CT molecular complexity index is 1060. The normalized spacial score (nSPS) is 11.1. The lowest BCUT2D eigenvalue weighted by molar-refractivity contribution is 0.0949. The number of rotatable bonds is 5. The summed E-state index contributed by atoms with van der Waals surface area (Å²) in [7, 11) is 0. The van der Waals surface area contributed by atoms with Crippen molar-refractivity contribution in [2.24, 2.45) is 5.10 Å². The second-order valence-corrected chi connectivity index (χ2v) is 6.64. The smallest absolute Gasteiger partial charge is 0.293 e. The van der Waals surface area contributed by atoms with Crippen LogP contribution in [0.2, 0.25) is 10.0 Å². The lowest BCUT2D eigenvalue weighted by Gasteiger charge is -2.06. The summed E-state index contributed by atoms with van der Waals surface area (Å²) < 4.78 is 1.54. The number of carbonyl (C=O) groups is 1. The van der Waals surface area contributed by atoms with Crippen molar-refractivity contribution in [1.82, 2.24) is 30.4 Å². The third-order valence-electron chi connectivity index (χ3n) is 3.89. The van der Waals surface area contributed by atoms with Crippen molar-refractivity contribution in [3.8, 4) is 0 Å². The molecule has 0 aliphatic rings. The van der Waals surface area contributed by atoms with Gasteiger partial charge >= 0.3 is 0 Å². The fourth-order valence-electron chi connectivity index (χ4n) is 2.35. The van der Waals surface area contributed by atoms with Gasteiger partial charge in [0.2, 0.25) is 0 Å². The Hall–Kier alpha value is -3.04. The standard InChI is InChI=1S/C17H16Cl2N8O/c1-9-15(17(28)25-22-7-11-4-3-5-13(18)14(11)19)24-26-27(9)8-12-6-21-10(2)23-16(12)20/h3-7H,8H2,1-2H3,(H,25,28)(H2,20,21,23)/b22-7+. The second-order valence-electron chi connectivity index (χ2n) is 5.85. The van der Waals surface area contributed by atoms with Gasteiger partial charge in [-0.2, -0.15) is 5.10 Å². The van der Waals surface area contributed by atoms with Crippen molar-refractivity contribution in [1.29, 1.82) is 0 Å². The largest absolute Gasteiger partial charge is 0.383 e. The number of aryl methyl sites for hydroxylation is 1. The van der Waals surface area contributed by atoms with Gasteiger partial charge in [-0.15, -0.1) is 5.10 Å². The van der Waals surface area contributed by atoms with E-state index in [1.54, 1.807) is 38.2 Å². The summed E-state index contributed by atoms with van der Waals surface area (Å²) in [6.45, 7) is 3.76. The molecule has 1 amide bonds. The van der Waals surface area contributed by atoms with Crippen LogP contribution < -0.4 is 11.2 Å². The van der Waals surface area contributed by atoms with Crippen molar-refractivity contribution < 1.29 is 4.79 Å². The number of nitrogens with one attached hydrogen (secondary N) is 1. The van der Waals surface area contributed by atoms with Crippen molar-refractivity contribution in [3.63, 3.8) is 0 Å². The summed E-state index contributed by atoms with van der Waals surface area (Å²) in [5.74, 6) is 0.428. The maximum absolute atomic E-state index is 12.3. The molecular formula is C17H16Cl2N8O. The summed E-state index contributed by atoms with van der Waals surface area (Å²) in [5, 5.41) is 12.5. The predicted octanol–water partition coefficient (Wildman–Crippen LogP) is 2.39.